The lowest BCUT2D eigenvalue weighted by Gasteiger charge is -2.46. The van der Waals surface area contributed by atoms with E-state index >= 15 is 0 Å². The van der Waals surface area contributed by atoms with Crippen LogP contribution >= 0.6 is 0 Å². The first kappa shape index (κ1) is 16.9. The zero-order chi connectivity index (χ0) is 14.4. The molecule has 1 aliphatic rings. The van der Waals surface area contributed by atoms with Crippen LogP contribution in [0.4, 0.5) is 0 Å². The molecule has 0 saturated heterocycles. The Balaban J connectivity index is 2.44. The number of likely N-dealkylation sites (N-methyl/N-ethyl adjacent to an activating group) is 1. The van der Waals surface area contributed by atoms with Gasteiger partial charge in [-0.1, -0.05) is 27.7 Å². The molecule has 0 bridgehead atoms. The topological polar surface area (TPSA) is 18.5 Å². The molecule has 1 N–H and O–H groups in total. The summed E-state index contributed by atoms with van der Waals surface area (Å²) in [7, 11) is 4.35. The molecule has 2 atom stereocenters. The van der Waals surface area contributed by atoms with Gasteiger partial charge in [-0.2, -0.15) is 0 Å². The fourth-order valence-electron chi connectivity index (χ4n) is 2.85. The van der Waals surface area contributed by atoms with Crippen molar-refractivity contribution in [2.45, 2.75) is 52.6 Å². The summed E-state index contributed by atoms with van der Waals surface area (Å²) in [5.74, 6) is 1.63. The first-order valence-corrected chi connectivity index (χ1v) is 8.02. The first-order chi connectivity index (χ1) is 8.90. The molecule has 1 aliphatic carbocycles. The SMILES string of the molecule is CC(C)CN(CCN(C)C)C1CCC1CNC(C)C. The Morgan fingerprint density at radius 2 is 1.74 bits per heavy atom. The van der Waals surface area contributed by atoms with Gasteiger partial charge >= 0.3 is 0 Å². The molecule has 114 valence electrons. The summed E-state index contributed by atoms with van der Waals surface area (Å²) < 4.78 is 0. The molecule has 0 heterocycles. The van der Waals surface area contributed by atoms with Crippen molar-refractivity contribution < 1.29 is 0 Å². The van der Waals surface area contributed by atoms with Crippen molar-refractivity contribution in [1.29, 1.82) is 0 Å². The molecule has 19 heavy (non-hydrogen) atoms. The third-order valence-electron chi connectivity index (χ3n) is 4.07. The van der Waals surface area contributed by atoms with Crippen LogP contribution in [-0.4, -0.2) is 62.2 Å². The van der Waals surface area contributed by atoms with Gasteiger partial charge in [0, 0.05) is 31.7 Å². The number of hydrogen-bond donors (Lipinski definition) is 1. The Kier molecular flexibility index (Phi) is 7.33. The summed E-state index contributed by atoms with van der Waals surface area (Å²) in [6.45, 7) is 14.0. The van der Waals surface area contributed by atoms with Gasteiger partial charge in [0.25, 0.3) is 0 Å². The van der Waals surface area contributed by atoms with Crippen LogP contribution in [0.3, 0.4) is 0 Å². The molecule has 0 spiro atoms. The van der Waals surface area contributed by atoms with Gasteiger partial charge in [0.05, 0.1) is 0 Å². The van der Waals surface area contributed by atoms with Gasteiger partial charge in [0.2, 0.25) is 0 Å². The molecule has 3 heteroatoms. The third-order valence-corrected chi connectivity index (χ3v) is 4.07. The van der Waals surface area contributed by atoms with Crippen LogP contribution in [0.15, 0.2) is 0 Å². The Morgan fingerprint density at radius 3 is 2.16 bits per heavy atom. The lowest BCUT2D eigenvalue weighted by atomic mass is 9.78. The van der Waals surface area contributed by atoms with E-state index in [1.165, 1.54) is 39.0 Å². The average molecular weight is 269 g/mol. The molecule has 0 aromatic carbocycles. The molecule has 0 aromatic rings. The van der Waals surface area contributed by atoms with Gasteiger partial charge in [-0.3, -0.25) is 4.90 Å². The summed E-state index contributed by atoms with van der Waals surface area (Å²) in [5.41, 5.74) is 0. The van der Waals surface area contributed by atoms with E-state index in [0.29, 0.717) is 6.04 Å². The van der Waals surface area contributed by atoms with E-state index in [1.54, 1.807) is 0 Å². The molecule has 1 saturated carbocycles. The minimum absolute atomic E-state index is 0.613. The fraction of sp³-hybridized carbons (Fsp3) is 1.00. The molecule has 0 amide bonds. The van der Waals surface area contributed by atoms with Crippen molar-refractivity contribution >= 4 is 0 Å². The van der Waals surface area contributed by atoms with E-state index in [-0.39, 0.29) is 0 Å². The second-order valence-electron chi connectivity index (χ2n) is 7.16. The second kappa shape index (κ2) is 8.23. The van der Waals surface area contributed by atoms with Gasteiger partial charge in [-0.05, 0) is 45.3 Å². The van der Waals surface area contributed by atoms with Crippen LogP contribution < -0.4 is 5.32 Å². The summed E-state index contributed by atoms with van der Waals surface area (Å²) >= 11 is 0. The third kappa shape index (κ3) is 6.24. The maximum absolute atomic E-state index is 3.61. The maximum atomic E-state index is 3.61. The van der Waals surface area contributed by atoms with E-state index in [9.17, 15) is 0 Å². The summed E-state index contributed by atoms with van der Waals surface area (Å²) in [6.07, 6.45) is 2.80. The molecular formula is C16H35N3. The molecular weight excluding hydrogens is 234 g/mol. The number of nitrogens with zero attached hydrogens (tertiary/aromatic N) is 2. The zero-order valence-corrected chi connectivity index (χ0v) is 13.9. The Bertz CT molecular complexity index is 238. The average Bonchev–Trinajstić information content (AvgIpc) is 2.23. The van der Waals surface area contributed by atoms with E-state index in [4.69, 9.17) is 0 Å². The molecule has 1 fully saturated rings. The summed E-state index contributed by atoms with van der Waals surface area (Å²) in [5, 5.41) is 3.61. The van der Waals surface area contributed by atoms with E-state index in [0.717, 1.165) is 17.9 Å². The highest BCUT2D eigenvalue weighted by Crippen LogP contribution is 2.32. The van der Waals surface area contributed by atoms with Crippen molar-refractivity contribution in [1.82, 2.24) is 15.1 Å². The largest absolute Gasteiger partial charge is 0.314 e. The van der Waals surface area contributed by atoms with Crippen molar-refractivity contribution in [3.05, 3.63) is 0 Å². The molecule has 0 aliphatic heterocycles. The maximum Gasteiger partial charge on any atom is 0.0136 e. The smallest absolute Gasteiger partial charge is 0.0136 e. The predicted octanol–water partition coefficient (Wildman–Crippen LogP) is 2.28. The number of nitrogens with one attached hydrogen (secondary N) is 1. The van der Waals surface area contributed by atoms with Crippen LogP contribution in [-0.2, 0) is 0 Å². The first-order valence-electron chi connectivity index (χ1n) is 8.02. The fourth-order valence-corrected chi connectivity index (χ4v) is 2.85. The summed E-state index contributed by atoms with van der Waals surface area (Å²) in [6, 6.07) is 1.43. The number of hydrogen-bond acceptors (Lipinski definition) is 3. The molecule has 0 radical (unpaired) electrons. The normalized spacial score (nSPS) is 23.7. The van der Waals surface area contributed by atoms with Gasteiger partial charge in [0.1, 0.15) is 0 Å². The minimum Gasteiger partial charge on any atom is -0.314 e. The van der Waals surface area contributed by atoms with Crippen LogP contribution in [0, 0.1) is 11.8 Å². The van der Waals surface area contributed by atoms with Gasteiger partial charge in [-0.15, -0.1) is 0 Å². The van der Waals surface area contributed by atoms with Crippen LogP contribution in [0.5, 0.6) is 0 Å². The Hall–Kier alpha value is -0.120. The van der Waals surface area contributed by atoms with Crippen molar-refractivity contribution in [2.24, 2.45) is 11.8 Å². The highest BCUT2D eigenvalue weighted by Gasteiger charge is 2.35. The Labute approximate surface area is 120 Å². The van der Waals surface area contributed by atoms with E-state index in [2.05, 4.69) is 56.9 Å². The molecule has 0 aromatic heterocycles. The minimum atomic E-state index is 0.613. The Morgan fingerprint density at radius 1 is 1.05 bits per heavy atom. The van der Waals surface area contributed by atoms with Crippen molar-refractivity contribution in [3.63, 3.8) is 0 Å². The van der Waals surface area contributed by atoms with Crippen molar-refractivity contribution in [3.8, 4) is 0 Å². The molecule has 2 unspecified atom stereocenters. The van der Waals surface area contributed by atoms with Crippen LogP contribution in [0.1, 0.15) is 40.5 Å². The van der Waals surface area contributed by atoms with Crippen LogP contribution in [0.2, 0.25) is 0 Å². The standard InChI is InChI=1S/C16H35N3/c1-13(2)12-19(10-9-18(5)6)16-8-7-15(16)11-17-14(3)4/h13-17H,7-12H2,1-6H3. The van der Waals surface area contributed by atoms with Crippen molar-refractivity contribution in [2.75, 3.05) is 40.3 Å². The van der Waals surface area contributed by atoms with Gasteiger partial charge < -0.3 is 10.2 Å². The van der Waals surface area contributed by atoms with E-state index < -0.39 is 0 Å². The monoisotopic (exact) mass is 269 g/mol. The van der Waals surface area contributed by atoms with Gasteiger partial charge in [0.15, 0.2) is 0 Å². The molecule has 3 nitrogen and oxygen atoms in total. The summed E-state index contributed by atoms with van der Waals surface area (Å²) in [4.78, 5) is 5.04. The molecule has 1 rings (SSSR count). The quantitative estimate of drug-likeness (QED) is 0.693. The highest BCUT2D eigenvalue weighted by atomic mass is 15.2. The van der Waals surface area contributed by atoms with E-state index in [1.807, 2.05) is 0 Å². The zero-order valence-electron chi connectivity index (χ0n) is 13.9. The lowest BCUT2D eigenvalue weighted by Crippen LogP contribution is -2.53. The highest BCUT2D eigenvalue weighted by molar-refractivity contribution is 4.90. The van der Waals surface area contributed by atoms with Gasteiger partial charge in [-0.25, -0.2) is 0 Å². The predicted molar refractivity (Wildman–Crippen MR) is 84.6 cm³/mol. The number of rotatable bonds is 9. The van der Waals surface area contributed by atoms with Crippen LogP contribution in [0.25, 0.3) is 0 Å². The second-order valence-corrected chi connectivity index (χ2v) is 7.16. The lowest BCUT2D eigenvalue weighted by molar-refractivity contribution is 0.0468.